The number of nitrogens with two attached hydrogens (primary N) is 1. The number of hydrogen-bond donors (Lipinski definition) is 1. The van der Waals surface area contributed by atoms with Crippen LogP contribution in [0.2, 0.25) is 0 Å². The molecular weight excluding hydrogens is 230 g/mol. The normalized spacial score (nSPS) is 10.9. The molecular formula is C18H24N+. The quantitative estimate of drug-likeness (QED) is 0.842. The van der Waals surface area contributed by atoms with Gasteiger partial charge in [-0.3, -0.25) is 0 Å². The summed E-state index contributed by atoms with van der Waals surface area (Å²) in [6.07, 6.45) is 0. The number of aryl methyl sites for hydroxylation is 1. The minimum Gasteiger partial charge on any atom is -0.339 e. The summed E-state index contributed by atoms with van der Waals surface area (Å²) in [4.78, 5) is 0. The van der Waals surface area contributed by atoms with Crippen LogP contribution >= 0.6 is 0 Å². The van der Waals surface area contributed by atoms with Crippen LogP contribution in [0.15, 0.2) is 48.5 Å². The van der Waals surface area contributed by atoms with Crippen LogP contribution in [-0.4, -0.2) is 0 Å². The van der Waals surface area contributed by atoms with E-state index in [2.05, 4.69) is 74.6 Å². The Hall–Kier alpha value is -1.60. The minimum absolute atomic E-state index is 0.616. The second-order valence-corrected chi connectivity index (χ2v) is 5.58. The van der Waals surface area contributed by atoms with Crippen molar-refractivity contribution in [3.63, 3.8) is 0 Å². The number of hydrogen-bond acceptors (Lipinski definition) is 0. The molecule has 0 heterocycles. The molecule has 100 valence electrons. The van der Waals surface area contributed by atoms with Gasteiger partial charge in [0, 0.05) is 11.1 Å². The molecule has 0 atom stereocenters. The monoisotopic (exact) mass is 254 g/mol. The van der Waals surface area contributed by atoms with Crippen LogP contribution in [0.25, 0.3) is 0 Å². The van der Waals surface area contributed by atoms with E-state index in [-0.39, 0.29) is 0 Å². The first-order valence-electron chi connectivity index (χ1n) is 7.11. The maximum atomic E-state index is 2.36. The molecule has 0 aromatic heterocycles. The first-order valence-corrected chi connectivity index (χ1v) is 7.11. The summed E-state index contributed by atoms with van der Waals surface area (Å²) in [6.45, 7) is 8.69. The van der Waals surface area contributed by atoms with Gasteiger partial charge in [-0.25, -0.2) is 0 Å². The zero-order valence-electron chi connectivity index (χ0n) is 12.2. The second-order valence-electron chi connectivity index (χ2n) is 5.58. The molecule has 0 saturated carbocycles. The Morgan fingerprint density at radius 1 is 0.789 bits per heavy atom. The number of benzene rings is 2. The molecule has 2 aromatic carbocycles. The van der Waals surface area contributed by atoms with Crippen molar-refractivity contribution in [3.05, 3.63) is 70.8 Å². The Balaban J connectivity index is 1.83. The average Bonchev–Trinajstić information content (AvgIpc) is 2.41. The second kappa shape index (κ2) is 6.53. The molecule has 0 saturated heterocycles. The third-order valence-electron chi connectivity index (χ3n) is 3.53. The van der Waals surface area contributed by atoms with E-state index in [0.29, 0.717) is 5.92 Å². The van der Waals surface area contributed by atoms with Crippen LogP contribution in [-0.2, 0) is 13.1 Å². The van der Waals surface area contributed by atoms with E-state index in [4.69, 9.17) is 0 Å². The summed E-state index contributed by atoms with van der Waals surface area (Å²) in [5.74, 6) is 0.616. The average molecular weight is 254 g/mol. The molecule has 1 heteroatoms. The molecule has 0 aliphatic rings. The molecule has 0 spiro atoms. The molecule has 0 aliphatic carbocycles. The van der Waals surface area contributed by atoms with E-state index in [1.807, 2.05) is 0 Å². The third-order valence-corrected chi connectivity index (χ3v) is 3.53. The molecule has 0 amide bonds. The Kier molecular flexibility index (Phi) is 4.75. The smallest absolute Gasteiger partial charge is 0.101 e. The van der Waals surface area contributed by atoms with Gasteiger partial charge in [0.15, 0.2) is 0 Å². The lowest BCUT2D eigenvalue weighted by Crippen LogP contribution is -2.80. The molecule has 0 radical (unpaired) electrons. The highest BCUT2D eigenvalue weighted by atomic mass is 14.8. The lowest BCUT2D eigenvalue weighted by atomic mass is 10.0. The summed E-state index contributed by atoms with van der Waals surface area (Å²) in [7, 11) is 0. The van der Waals surface area contributed by atoms with Crippen LogP contribution in [0, 0.1) is 6.92 Å². The first-order chi connectivity index (χ1) is 9.15. The summed E-state index contributed by atoms with van der Waals surface area (Å²) in [5, 5.41) is 2.36. The molecule has 0 bridgehead atoms. The molecule has 2 aromatic rings. The fraction of sp³-hybridized carbons (Fsp3) is 0.333. The lowest BCUT2D eigenvalue weighted by Gasteiger charge is -2.06. The zero-order chi connectivity index (χ0) is 13.7. The van der Waals surface area contributed by atoms with Crippen molar-refractivity contribution in [1.29, 1.82) is 0 Å². The van der Waals surface area contributed by atoms with E-state index >= 15 is 0 Å². The minimum atomic E-state index is 0.616. The van der Waals surface area contributed by atoms with Gasteiger partial charge in [-0.05, 0) is 18.4 Å². The van der Waals surface area contributed by atoms with E-state index < -0.39 is 0 Å². The van der Waals surface area contributed by atoms with E-state index in [0.717, 1.165) is 13.1 Å². The van der Waals surface area contributed by atoms with Gasteiger partial charge in [-0.2, -0.15) is 0 Å². The molecule has 2 rings (SSSR count). The van der Waals surface area contributed by atoms with Crippen molar-refractivity contribution in [3.8, 4) is 0 Å². The molecule has 0 fully saturated rings. The Bertz CT molecular complexity index is 494. The van der Waals surface area contributed by atoms with Crippen LogP contribution in [0.5, 0.6) is 0 Å². The fourth-order valence-corrected chi connectivity index (χ4v) is 2.17. The van der Waals surface area contributed by atoms with Crippen molar-refractivity contribution in [2.45, 2.75) is 39.8 Å². The zero-order valence-corrected chi connectivity index (χ0v) is 12.2. The van der Waals surface area contributed by atoms with Crippen molar-refractivity contribution in [1.82, 2.24) is 0 Å². The number of rotatable bonds is 5. The maximum Gasteiger partial charge on any atom is 0.101 e. The predicted octanol–water partition coefficient (Wildman–Crippen LogP) is 3.38. The summed E-state index contributed by atoms with van der Waals surface area (Å²) < 4.78 is 0. The summed E-state index contributed by atoms with van der Waals surface area (Å²) >= 11 is 0. The Labute approximate surface area is 116 Å². The Morgan fingerprint density at radius 2 is 1.26 bits per heavy atom. The lowest BCUT2D eigenvalue weighted by molar-refractivity contribution is -0.686. The first kappa shape index (κ1) is 13.8. The van der Waals surface area contributed by atoms with E-state index in [1.165, 1.54) is 22.3 Å². The molecule has 1 nitrogen and oxygen atoms in total. The van der Waals surface area contributed by atoms with Crippen molar-refractivity contribution < 1.29 is 5.32 Å². The SMILES string of the molecule is Cc1ccc(C[NH2+]Cc2ccc(C(C)C)cc2)cc1. The van der Waals surface area contributed by atoms with Gasteiger partial charge < -0.3 is 5.32 Å². The summed E-state index contributed by atoms with van der Waals surface area (Å²) in [5.41, 5.74) is 5.54. The maximum absolute atomic E-state index is 2.36. The van der Waals surface area contributed by atoms with Gasteiger partial charge in [0.2, 0.25) is 0 Å². The largest absolute Gasteiger partial charge is 0.339 e. The third kappa shape index (κ3) is 4.22. The topological polar surface area (TPSA) is 16.6 Å². The number of quaternary nitrogens is 1. The van der Waals surface area contributed by atoms with Crippen LogP contribution in [0.1, 0.15) is 42.0 Å². The highest BCUT2D eigenvalue weighted by Gasteiger charge is 2.00. The fourth-order valence-electron chi connectivity index (χ4n) is 2.17. The van der Waals surface area contributed by atoms with E-state index in [9.17, 15) is 0 Å². The van der Waals surface area contributed by atoms with Gasteiger partial charge in [0.1, 0.15) is 13.1 Å². The predicted molar refractivity (Wildman–Crippen MR) is 81.0 cm³/mol. The molecule has 0 aliphatic heterocycles. The van der Waals surface area contributed by atoms with Gasteiger partial charge in [-0.1, -0.05) is 67.9 Å². The highest BCUT2D eigenvalue weighted by Crippen LogP contribution is 2.14. The molecule has 0 unspecified atom stereocenters. The van der Waals surface area contributed by atoms with Gasteiger partial charge in [0.05, 0.1) is 0 Å². The van der Waals surface area contributed by atoms with Crippen LogP contribution < -0.4 is 5.32 Å². The van der Waals surface area contributed by atoms with Crippen LogP contribution in [0.3, 0.4) is 0 Å². The standard InChI is InChI=1S/C18H23N/c1-14(2)18-10-8-17(9-11-18)13-19-12-16-6-4-15(3)5-7-16/h4-11,14,19H,12-13H2,1-3H3/p+1. The Morgan fingerprint density at radius 3 is 1.74 bits per heavy atom. The van der Waals surface area contributed by atoms with E-state index in [1.54, 1.807) is 0 Å². The van der Waals surface area contributed by atoms with Gasteiger partial charge in [-0.15, -0.1) is 0 Å². The highest BCUT2D eigenvalue weighted by molar-refractivity contribution is 5.24. The summed E-state index contributed by atoms with van der Waals surface area (Å²) in [6, 6.07) is 17.8. The molecule has 19 heavy (non-hydrogen) atoms. The van der Waals surface area contributed by atoms with Crippen molar-refractivity contribution in [2.75, 3.05) is 0 Å². The van der Waals surface area contributed by atoms with Crippen LogP contribution in [0.4, 0.5) is 0 Å². The molecule has 2 N–H and O–H groups in total. The van der Waals surface area contributed by atoms with Crippen molar-refractivity contribution >= 4 is 0 Å². The van der Waals surface area contributed by atoms with Gasteiger partial charge >= 0.3 is 0 Å². The van der Waals surface area contributed by atoms with Crippen molar-refractivity contribution in [2.24, 2.45) is 0 Å². The van der Waals surface area contributed by atoms with Gasteiger partial charge in [0.25, 0.3) is 0 Å².